The van der Waals surface area contributed by atoms with Gasteiger partial charge in [-0.2, -0.15) is 0 Å². The lowest BCUT2D eigenvalue weighted by molar-refractivity contribution is -0.151. The Morgan fingerprint density at radius 3 is 2.55 bits per heavy atom. The third-order valence-electron chi connectivity index (χ3n) is 5.18. The number of rotatable bonds is 8. The molecule has 1 N–H and O–H groups in total. The molecule has 2 aromatic rings. The van der Waals surface area contributed by atoms with E-state index >= 15 is 0 Å². The second-order valence-electron chi connectivity index (χ2n) is 7.66. The van der Waals surface area contributed by atoms with Gasteiger partial charge in [-0.3, -0.25) is 14.4 Å². The predicted molar refractivity (Wildman–Crippen MR) is 123 cm³/mol. The molecule has 8 nitrogen and oxygen atoms in total. The fourth-order valence-corrected chi connectivity index (χ4v) is 3.58. The van der Waals surface area contributed by atoms with Crippen molar-refractivity contribution < 1.29 is 28.7 Å². The number of nitrogens with one attached hydrogen (secondary N) is 1. The van der Waals surface area contributed by atoms with E-state index < -0.39 is 30.4 Å². The van der Waals surface area contributed by atoms with Crippen molar-refractivity contribution in [2.24, 2.45) is 5.92 Å². The lowest BCUT2D eigenvalue weighted by Crippen LogP contribution is -2.28. The first-order valence-corrected chi connectivity index (χ1v) is 11.0. The number of carbonyl (C=O) groups excluding carboxylic acids is 4. The van der Waals surface area contributed by atoms with Gasteiger partial charge in [0.05, 0.1) is 18.1 Å². The van der Waals surface area contributed by atoms with Gasteiger partial charge in [-0.15, -0.1) is 0 Å². The monoisotopic (exact) mass is 472 g/mol. The summed E-state index contributed by atoms with van der Waals surface area (Å²) in [6, 6.07) is 11.4. The molecule has 3 rings (SSSR count). The molecule has 1 aliphatic rings. The Kier molecular flexibility index (Phi) is 8.06. The standard InChI is InChI=1S/C24H25ClN2O6/c1-3-11-32-23(30)16-7-9-18(10-8-16)26-21(28)14-33-24(31)17-12-22(29)27(13-17)20-6-4-5-19(25)15(20)2/h4-10,17H,3,11-14H2,1-2H3,(H,26,28)/t17-/m0/s1. The number of anilines is 2. The van der Waals surface area contributed by atoms with Crippen molar-refractivity contribution in [3.63, 3.8) is 0 Å². The Morgan fingerprint density at radius 2 is 1.85 bits per heavy atom. The van der Waals surface area contributed by atoms with Crippen LogP contribution in [0.2, 0.25) is 5.02 Å². The smallest absolute Gasteiger partial charge is 0.338 e. The topological polar surface area (TPSA) is 102 Å². The van der Waals surface area contributed by atoms with Crippen molar-refractivity contribution >= 4 is 46.7 Å². The highest BCUT2D eigenvalue weighted by atomic mass is 35.5. The summed E-state index contributed by atoms with van der Waals surface area (Å²) in [7, 11) is 0. The molecule has 2 aromatic carbocycles. The van der Waals surface area contributed by atoms with Crippen molar-refractivity contribution in [1.29, 1.82) is 0 Å². The van der Waals surface area contributed by atoms with E-state index in [0.717, 1.165) is 12.0 Å². The normalized spacial score (nSPS) is 15.3. The molecule has 1 atom stereocenters. The SMILES string of the molecule is CCCOC(=O)c1ccc(NC(=O)COC(=O)[C@H]2CC(=O)N(c3cccc(Cl)c3C)C2)cc1. The molecular weight excluding hydrogens is 448 g/mol. The lowest BCUT2D eigenvalue weighted by Gasteiger charge is -2.19. The van der Waals surface area contributed by atoms with Crippen LogP contribution in [0.4, 0.5) is 11.4 Å². The summed E-state index contributed by atoms with van der Waals surface area (Å²) in [5.74, 6) is -2.45. The van der Waals surface area contributed by atoms with Crippen molar-refractivity contribution in [3.05, 3.63) is 58.6 Å². The molecule has 33 heavy (non-hydrogen) atoms. The fourth-order valence-electron chi connectivity index (χ4n) is 3.41. The zero-order valence-corrected chi connectivity index (χ0v) is 19.2. The van der Waals surface area contributed by atoms with Crippen LogP contribution in [-0.2, 0) is 23.9 Å². The highest BCUT2D eigenvalue weighted by Crippen LogP contribution is 2.31. The third-order valence-corrected chi connectivity index (χ3v) is 5.58. The molecule has 0 radical (unpaired) electrons. The molecule has 0 aromatic heterocycles. The number of benzene rings is 2. The van der Waals surface area contributed by atoms with E-state index in [1.54, 1.807) is 30.3 Å². The number of halogens is 1. The van der Waals surface area contributed by atoms with Gasteiger partial charge < -0.3 is 19.7 Å². The Hall–Kier alpha value is -3.39. The summed E-state index contributed by atoms with van der Waals surface area (Å²) in [5, 5.41) is 3.13. The van der Waals surface area contributed by atoms with Crippen molar-refractivity contribution in [2.75, 3.05) is 30.0 Å². The van der Waals surface area contributed by atoms with Crippen LogP contribution in [0.25, 0.3) is 0 Å². The Labute approximate surface area is 196 Å². The molecule has 1 saturated heterocycles. The van der Waals surface area contributed by atoms with E-state index in [1.165, 1.54) is 17.0 Å². The summed E-state index contributed by atoms with van der Waals surface area (Å²) >= 11 is 6.14. The predicted octanol–water partition coefficient (Wildman–Crippen LogP) is 3.75. The minimum Gasteiger partial charge on any atom is -0.462 e. The molecule has 2 amide bonds. The number of nitrogens with zero attached hydrogens (tertiary/aromatic N) is 1. The van der Waals surface area contributed by atoms with Crippen molar-refractivity contribution in [1.82, 2.24) is 0 Å². The molecule has 1 fully saturated rings. The molecular formula is C24H25ClN2O6. The molecule has 1 aliphatic heterocycles. The van der Waals surface area contributed by atoms with E-state index in [-0.39, 0.29) is 18.9 Å². The minimum absolute atomic E-state index is 0.00198. The summed E-state index contributed by atoms with van der Waals surface area (Å²) < 4.78 is 10.2. The van der Waals surface area contributed by atoms with E-state index in [9.17, 15) is 19.2 Å². The van der Waals surface area contributed by atoms with E-state index in [2.05, 4.69) is 5.32 Å². The van der Waals surface area contributed by atoms with Gasteiger partial charge in [-0.25, -0.2) is 4.79 Å². The van der Waals surface area contributed by atoms with Gasteiger partial charge in [0.1, 0.15) is 0 Å². The Balaban J connectivity index is 1.49. The first-order chi connectivity index (χ1) is 15.8. The van der Waals surface area contributed by atoms with E-state index in [1.807, 2.05) is 13.8 Å². The van der Waals surface area contributed by atoms with Gasteiger partial charge >= 0.3 is 11.9 Å². The second-order valence-corrected chi connectivity index (χ2v) is 8.07. The first kappa shape index (κ1) is 24.3. The zero-order chi connectivity index (χ0) is 24.0. The quantitative estimate of drug-likeness (QED) is 0.587. The van der Waals surface area contributed by atoms with Gasteiger partial charge in [0, 0.05) is 29.4 Å². The highest BCUT2D eigenvalue weighted by molar-refractivity contribution is 6.31. The lowest BCUT2D eigenvalue weighted by atomic mass is 10.1. The van der Waals surface area contributed by atoms with Crippen molar-refractivity contribution in [2.45, 2.75) is 26.7 Å². The van der Waals surface area contributed by atoms with Crippen LogP contribution in [0.5, 0.6) is 0 Å². The maximum atomic E-state index is 12.4. The van der Waals surface area contributed by atoms with Crippen LogP contribution in [0.1, 0.15) is 35.7 Å². The number of carbonyl (C=O) groups is 4. The van der Waals surface area contributed by atoms with E-state index in [4.69, 9.17) is 21.1 Å². The number of hydrogen-bond donors (Lipinski definition) is 1. The number of esters is 2. The van der Waals surface area contributed by atoms with Gasteiger partial charge in [0.2, 0.25) is 5.91 Å². The summed E-state index contributed by atoms with van der Waals surface area (Å²) in [4.78, 5) is 50.3. The van der Waals surface area contributed by atoms with E-state index in [0.29, 0.717) is 28.6 Å². The van der Waals surface area contributed by atoms with Gasteiger partial charge in [-0.05, 0) is 55.3 Å². The molecule has 9 heteroatoms. The van der Waals surface area contributed by atoms with Crippen LogP contribution in [0.15, 0.2) is 42.5 Å². The molecule has 0 aliphatic carbocycles. The number of amides is 2. The Morgan fingerprint density at radius 1 is 1.12 bits per heavy atom. The minimum atomic E-state index is -0.669. The van der Waals surface area contributed by atoms with Crippen LogP contribution in [0.3, 0.4) is 0 Å². The summed E-state index contributed by atoms with van der Waals surface area (Å²) in [6.45, 7) is 3.73. The maximum absolute atomic E-state index is 12.4. The third kappa shape index (κ3) is 6.10. The van der Waals surface area contributed by atoms with Gasteiger partial charge in [-0.1, -0.05) is 24.6 Å². The zero-order valence-electron chi connectivity index (χ0n) is 18.4. The second kappa shape index (κ2) is 11.0. The van der Waals surface area contributed by atoms with Crippen LogP contribution in [-0.4, -0.2) is 43.5 Å². The first-order valence-electron chi connectivity index (χ1n) is 10.6. The highest BCUT2D eigenvalue weighted by Gasteiger charge is 2.37. The molecule has 0 saturated carbocycles. The summed E-state index contributed by atoms with van der Waals surface area (Å²) in [6.07, 6.45) is 0.730. The molecule has 0 unspecified atom stereocenters. The van der Waals surface area contributed by atoms with Crippen LogP contribution < -0.4 is 10.2 Å². The molecule has 0 bridgehead atoms. The van der Waals surface area contributed by atoms with Crippen LogP contribution >= 0.6 is 11.6 Å². The summed E-state index contributed by atoms with van der Waals surface area (Å²) in [5.41, 5.74) is 2.23. The van der Waals surface area contributed by atoms with Crippen LogP contribution in [0, 0.1) is 12.8 Å². The Bertz CT molecular complexity index is 1050. The number of ether oxygens (including phenoxy) is 2. The fraction of sp³-hybridized carbons (Fsp3) is 0.333. The largest absolute Gasteiger partial charge is 0.462 e. The van der Waals surface area contributed by atoms with Gasteiger partial charge in [0.15, 0.2) is 6.61 Å². The number of hydrogen-bond acceptors (Lipinski definition) is 6. The maximum Gasteiger partial charge on any atom is 0.338 e. The average molecular weight is 473 g/mol. The van der Waals surface area contributed by atoms with Gasteiger partial charge in [0.25, 0.3) is 5.91 Å². The molecule has 1 heterocycles. The molecule has 174 valence electrons. The van der Waals surface area contributed by atoms with Crippen molar-refractivity contribution in [3.8, 4) is 0 Å². The molecule has 0 spiro atoms. The average Bonchev–Trinajstić information content (AvgIpc) is 3.19.